The molecular formula is C30H25N5O2S. The van der Waals surface area contributed by atoms with Crippen LogP contribution in [0.2, 0.25) is 0 Å². The lowest BCUT2D eigenvalue weighted by molar-refractivity contribution is 0.340. The molecular weight excluding hydrogens is 494 g/mol. The van der Waals surface area contributed by atoms with Gasteiger partial charge < -0.3 is 4.74 Å². The van der Waals surface area contributed by atoms with Crippen LogP contribution in [0.4, 0.5) is 0 Å². The number of para-hydroxylation sites is 1. The maximum Gasteiger partial charge on any atom is 0.291 e. The predicted molar refractivity (Wildman–Crippen MR) is 151 cm³/mol. The Morgan fingerprint density at radius 3 is 2.47 bits per heavy atom. The van der Waals surface area contributed by atoms with Gasteiger partial charge in [-0.3, -0.25) is 4.79 Å². The van der Waals surface area contributed by atoms with Gasteiger partial charge in [-0.25, -0.2) is 4.68 Å². The van der Waals surface area contributed by atoms with Gasteiger partial charge in [0.1, 0.15) is 11.4 Å². The molecule has 188 valence electrons. The van der Waals surface area contributed by atoms with Gasteiger partial charge in [0, 0.05) is 22.9 Å². The van der Waals surface area contributed by atoms with E-state index in [1.165, 1.54) is 15.9 Å². The van der Waals surface area contributed by atoms with E-state index in [1.807, 2.05) is 111 Å². The Kier molecular flexibility index (Phi) is 6.09. The van der Waals surface area contributed by atoms with Gasteiger partial charge in [0.2, 0.25) is 4.96 Å². The molecule has 38 heavy (non-hydrogen) atoms. The van der Waals surface area contributed by atoms with Crippen LogP contribution in [-0.2, 0) is 0 Å². The van der Waals surface area contributed by atoms with E-state index < -0.39 is 0 Å². The topological polar surface area (TPSA) is 74.3 Å². The van der Waals surface area contributed by atoms with E-state index >= 15 is 0 Å². The molecule has 0 fully saturated rings. The predicted octanol–water partition coefficient (Wildman–Crippen LogP) is 5.23. The smallest absolute Gasteiger partial charge is 0.291 e. The fourth-order valence-electron chi connectivity index (χ4n) is 4.37. The number of rotatable bonds is 6. The Balaban J connectivity index is 1.48. The zero-order valence-corrected chi connectivity index (χ0v) is 22.1. The fraction of sp³-hybridized carbons (Fsp3) is 0.133. The summed E-state index contributed by atoms with van der Waals surface area (Å²) in [6.07, 6.45) is 3.83. The van der Waals surface area contributed by atoms with Gasteiger partial charge in [-0.1, -0.05) is 59.4 Å². The summed E-state index contributed by atoms with van der Waals surface area (Å²) in [5.41, 5.74) is 6.41. The first-order valence-electron chi connectivity index (χ1n) is 12.4. The lowest BCUT2D eigenvalue weighted by atomic mass is 10.0. The second kappa shape index (κ2) is 9.72. The van der Waals surface area contributed by atoms with E-state index in [-0.39, 0.29) is 5.56 Å². The number of hydrogen-bond acceptors (Lipinski definition) is 6. The van der Waals surface area contributed by atoms with Crippen LogP contribution < -0.4 is 14.8 Å². The molecule has 0 N–H and O–H groups in total. The van der Waals surface area contributed by atoms with Crippen molar-refractivity contribution in [2.45, 2.75) is 20.8 Å². The largest absolute Gasteiger partial charge is 0.494 e. The summed E-state index contributed by atoms with van der Waals surface area (Å²) in [6, 6.07) is 23.9. The van der Waals surface area contributed by atoms with Gasteiger partial charge in [-0.2, -0.15) is 14.6 Å². The molecule has 7 nitrogen and oxygen atoms in total. The highest BCUT2D eigenvalue weighted by atomic mass is 32.1. The lowest BCUT2D eigenvalue weighted by Crippen LogP contribution is -2.23. The van der Waals surface area contributed by atoms with Gasteiger partial charge in [0.25, 0.3) is 5.56 Å². The summed E-state index contributed by atoms with van der Waals surface area (Å²) in [5.74, 6) is 1.36. The minimum atomic E-state index is -0.197. The average Bonchev–Trinajstić information content (AvgIpc) is 3.61. The number of fused-ring (bicyclic) bond motifs is 1. The molecule has 6 aromatic rings. The van der Waals surface area contributed by atoms with Crippen molar-refractivity contribution in [2.75, 3.05) is 6.61 Å². The quantitative estimate of drug-likeness (QED) is 0.301. The molecule has 0 amide bonds. The van der Waals surface area contributed by atoms with E-state index in [0.717, 1.165) is 44.9 Å². The molecule has 0 aliphatic heterocycles. The van der Waals surface area contributed by atoms with Crippen LogP contribution in [0, 0.1) is 13.8 Å². The highest BCUT2D eigenvalue weighted by molar-refractivity contribution is 7.15. The first kappa shape index (κ1) is 23.8. The Morgan fingerprint density at radius 1 is 0.974 bits per heavy atom. The van der Waals surface area contributed by atoms with Crippen LogP contribution in [0.1, 0.15) is 23.6 Å². The summed E-state index contributed by atoms with van der Waals surface area (Å²) in [5, 5.41) is 9.42. The zero-order chi connectivity index (χ0) is 26.2. The summed E-state index contributed by atoms with van der Waals surface area (Å²) in [4.78, 5) is 18.5. The highest BCUT2D eigenvalue weighted by Gasteiger charge is 2.16. The summed E-state index contributed by atoms with van der Waals surface area (Å²) >= 11 is 1.32. The number of hydrogen-bond donors (Lipinski definition) is 0. The van der Waals surface area contributed by atoms with E-state index in [2.05, 4.69) is 10.1 Å². The van der Waals surface area contributed by atoms with E-state index in [4.69, 9.17) is 9.84 Å². The maximum absolute atomic E-state index is 13.3. The third kappa shape index (κ3) is 4.39. The van der Waals surface area contributed by atoms with Crippen molar-refractivity contribution in [1.29, 1.82) is 0 Å². The van der Waals surface area contributed by atoms with Gasteiger partial charge >= 0.3 is 0 Å². The Morgan fingerprint density at radius 2 is 1.76 bits per heavy atom. The van der Waals surface area contributed by atoms with Crippen molar-refractivity contribution in [3.8, 4) is 34.1 Å². The van der Waals surface area contributed by atoms with Gasteiger partial charge in [-0.05, 0) is 62.7 Å². The monoisotopic (exact) mass is 519 g/mol. The molecule has 0 aliphatic carbocycles. The number of thiazole rings is 1. The van der Waals surface area contributed by atoms with E-state index in [9.17, 15) is 4.79 Å². The Hall–Kier alpha value is -4.56. The van der Waals surface area contributed by atoms with Crippen LogP contribution in [0.25, 0.3) is 39.4 Å². The fourth-order valence-corrected chi connectivity index (χ4v) is 5.27. The van der Waals surface area contributed by atoms with E-state index in [1.54, 1.807) is 0 Å². The van der Waals surface area contributed by atoms with Crippen LogP contribution in [0.15, 0.2) is 83.8 Å². The van der Waals surface area contributed by atoms with E-state index in [0.29, 0.717) is 21.9 Å². The minimum Gasteiger partial charge on any atom is -0.494 e. The average molecular weight is 520 g/mol. The number of benzene rings is 3. The third-order valence-corrected chi connectivity index (χ3v) is 7.26. The van der Waals surface area contributed by atoms with Gasteiger partial charge in [0.15, 0.2) is 5.82 Å². The second-order valence-electron chi connectivity index (χ2n) is 9.03. The molecule has 0 atom stereocenters. The second-order valence-corrected chi connectivity index (χ2v) is 10.0. The third-order valence-electron chi connectivity index (χ3n) is 6.31. The summed E-state index contributed by atoms with van der Waals surface area (Å²) in [7, 11) is 0. The molecule has 0 spiro atoms. The van der Waals surface area contributed by atoms with Crippen molar-refractivity contribution in [1.82, 2.24) is 24.4 Å². The molecule has 0 radical (unpaired) electrons. The van der Waals surface area contributed by atoms with Crippen molar-refractivity contribution in [3.05, 3.63) is 111 Å². The lowest BCUT2D eigenvalue weighted by Gasteiger charge is -2.08. The standard InChI is InChI=1S/C30H25N5O2S/c1-4-37-24-14-15-25(20(3)16-24)27-22(18-34(32-27)23-8-6-5-7-9-23)17-26-29(36)35-30(38-26)31-28(33-35)21-12-10-19(2)11-13-21/h5-18H,4H2,1-3H3. The highest BCUT2D eigenvalue weighted by Crippen LogP contribution is 2.30. The van der Waals surface area contributed by atoms with Crippen LogP contribution in [0.3, 0.4) is 0 Å². The van der Waals surface area contributed by atoms with Crippen LogP contribution in [0.5, 0.6) is 5.75 Å². The van der Waals surface area contributed by atoms with Crippen molar-refractivity contribution in [2.24, 2.45) is 0 Å². The number of aryl methyl sites for hydroxylation is 2. The summed E-state index contributed by atoms with van der Waals surface area (Å²) < 4.78 is 9.45. The molecule has 0 saturated heterocycles. The first-order chi connectivity index (χ1) is 18.5. The van der Waals surface area contributed by atoms with Gasteiger partial charge in [0.05, 0.1) is 16.8 Å². The Labute approximate surface area is 223 Å². The molecule has 6 rings (SSSR count). The van der Waals surface area contributed by atoms with Crippen molar-refractivity contribution < 1.29 is 4.74 Å². The number of aromatic nitrogens is 5. The number of ether oxygens (including phenoxy) is 1. The van der Waals surface area contributed by atoms with Gasteiger partial charge in [-0.15, -0.1) is 5.10 Å². The molecule has 0 aliphatic rings. The van der Waals surface area contributed by atoms with Crippen molar-refractivity contribution in [3.63, 3.8) is 0 Å². The molecule has 0 saturated carbocycles. The molecule has 3 aromatic carbocycles. The minimum absolute atomic E-state index is 0.197. The first-order valence-corrected chi connectivity index (χ1v) is 13.2. The summed E-state index contributed by atoms with van der Waals surface area (Å²) in [6.45, 7) is 6.64. The molecule has 8 heteroatoms. The molecule has 3 heterocycles. The van der Waals surface area contributed by atoms with Crippen molar-refractivity contribution >= 4 is 22.4 Å². The zero-order valence-electron chi connectivity index (χ0n) is 21.3. The van der Waals surface area contributed by atoms with Crippen LogP contribution >= 0.6 is 11.3 Å². The molecule has 3 aromatic heterocycles. The number of nitrogens with zero attached hydrogens (tertiary/aromatic N) is 5. The Bertz CT molecular complexity index is 1870. The van der Waals surface area contributed by atoms with Crippen LogP contribution in [-0.4, -0.2) is 31.0 Å². The molecule has 0 bridgehead atoms. The SMILES string of the molecule is CCOc1ccc(-c2nn(-c3ccccc3)cc2C=c2sc3nc(-c4ccc(C)cc4)nn3c2=O)c(C)c1. The molecule has 0 unspecified atom stereocenters. The maximum atomic E-state index is 13.3. The normalized spacial score (nSPS) is 11.9.